The molecule has 0 saturated carbocycles. The standard InChI is InChI=1S/C21H24F2N4/c1-15-2-5-19-20(12-15)25-21(24-19)6-7-26-8-10-27(11-9-26)14-16-3-4-17(22)18(23)13-16/h2-5,12-13H,6-11,14H2,1H3,(H,24,25). The van der Waals surface area contributed by atoms with Gasteiger partial charge in [-0.15, -0.1) is 0 Å². The minimum atomic E-state index is -0.788. The smallest absolute Gasteiger partial charge is 0.159 e. The largest absolute Gasteiger partial charge is 0.342 e. The van der Waals surface area contributed by atoms with Gasteiger partial charge in [0.2, 0.25) is 0 Å². The Morgan fingerprint density at radius 2 is 1.74 bits per heavy atom. The number of hydrogen-bond donors (Lipinski definition) is 1. The summed E-state index contributed by atoms with van der Waals surface area (Å²) >= 11 is 0. The Kier molecular flexibility index (Phi) is 5.18. The number of halogens is 2. The highest BCUT2D eigenvalue weighted by Crippen LogP contribution is 2.15. The number of aromatic nitrogens is 2. The Hall–Kier alpha value is -2.31. The number of fused-ring (bicyclic) bond motifs is 1. The second-order valence-electron chi connectivity index (χ2n) is 7.32. The molecule has 1 aromatic heterocycles. The molecule has 0 aliphatic carbocycles. The lowest BCUT2D eigenvalue weighted by atomic mass is 10.2. The number of nitrogens with one attached hydrogen (secondary N) is 1. The van der Waals surface area contributed by atoms with E-state index < -0.39 is 11.6 Å². The number of rotatable bonds is 5. The van der Waals surface area contributed by atoms with E-state index in [9.17, 15) is 8.78 Å². The average Bonchev–Trinajstić information content (AvgIpc) is 3.06. The highest BCUT2D eigenvalue weighted by Gasteiger charge is 2.17. The zero-order chi connectivity index (χ0) is 18.8. The molecule has 0 atom stereocenters. The van der Waals surface area contributed by atoms with Gasteiger partial charge in [-0.05, 0) is 42.3 Å². The van der Waals surface area contributed by atoms with Crippen LogP contribution in [0.2, 0.25) is 0 Å². The van der Waals surface area contributed by atoms with E-state index in [4.69, 9.17) is 0 Å². The minimum Gasteiger partial charge on any atom is -0.342 e. The second kappa shape index (κ2) is 7.74. The van der Waals surface area contributed by atoms with E-state index in [1.807, 2.05) is 0 Å². The Morgan fingerprint density at radius 1 is 0.963 bits per heavy atom. The zero-order valence-corrected chi connectivity index (χ0v) is 15.5. The summed E-state index contributed by atoms with van der Waals surface area (Å²) in [5.41, 5.74) is 4.17. The fourth-order valence-electron chi connectivity index (χ4n) is 3.63. The molecule has 0 radical (unpaired) electrons. The lowest BCUT2D eigenvalue weighted by molar-refractivity contribution is 0.127. The van der Waals surface area contributed by atoms with Crippen LogP contribution in [-0.4, -0.2) is 52.5 Å². The van der Waals surface area contributed by atoms with Crippen molar-refractivity contribution in [1.82, 2.24) is 19.8 Å². The first-order valence-electron chi connectivity index (χ1n) is 9.41. The summed E-state index contributed by atoms with van der Waals surface area (Å²) < 4.78 is 26.4. The highest BCUT2D eigenvalue weighted by molar-refractivity contribution is 5.75. The van der Waals surface area contributed by atoms with Gasteiger partial charge in [-0.2, -0.15) is 0 Å². The predicted octanol–water partition coefficient (Wildman–Crippen LogP) is 3.51. The fourth-order valence-corrected chi connectivity index (χ4v) is 3.63. The van der Waals surface area contributed by atoms with Crippen LogP contribution in [0.5, 0.6) is 0 Å². The van der Waals surface area contributed by atoms with E-state index in [0.29, 0.717) is 6.54 Å². The van der Waals surface area contributed by atoms with Crippen LogP contribution in [0.15, 0.2) is 36.4 Å². The molecule has 4 rings (SSSR count). The third kappa shape index (κ3) is 4.34. The topological polar surface area (TPSA) is 35.2 Å². The number of imidazole rings is 1. The van der Waals surface area contributed by atoms with E-state index in [1.165, 1.54) is 17.7 Å². The molecule has 1 aliphatic heterocycles. The third-order valence-electron chi connectivity index (χ3n) is 5.21. The van der Waals surface area contributed by atoms with Crippen molar-refractivity contribution >= 4 is 11.0 Å². The van der Waals surface area contributed by atoms with Gasteiger partial charge < -0.3 is 9.88 Å². The summed E-state index contributed by atoms with van der Waals surface area (Å²) in [4.78, 5) is 12.8. The van der Waals surface area contributed by atoms with Crippen molar-refractivity contribution in [1.29, 1.82) is 0 Å². The maximum absolute atomic E-state index is 13.3. The number of nitrogens with zero attached hydrogens (tertiary/aromatic N) is 3. The van der Waals surface area contributed by atoms with E-state index in [2.05, 4.69) is 44.9 Å². The molecule has 1 aliphatic rings. The van der Waals surface area contributed by atoms with Crippen molar-refractivity contribution in [3.63, 3.8) is 0 Å². The second-order valence-corrected chi connectivity index (χ2v) is 7.32. The SMILES string of the molecule is Cc1ccc2nc(CCN3CCN(Cc4ccc(F)c(F)c4)CC3)[nH]c2c1. The van der Waals surface area contributed by atoms with E-state index >= 15 is 0 Å². The molecule has 0 unspecified atom stereocenters. The maximum atomic E-state index is 13.3. The van der Waals surface area contributed by atoms with Crippen LogP contribution >= 0.6 is 0 Å². The Balaban J connectivity index is 1.27. The molecular formula is C21H24F2N4. The maximum Gasteiger partial charge on any atom is 0.159 e. The van der Waals surface area contributed by atoms with Gasteiger partial charge in [0.15, 0.2) is 11.6 Å². The first kappa shape index (κ1) is 18.1. The van der Waals surface area contributed by atoms with Gasteiger partial charge in [-0.25, -0.2) is 13.8 Å². The highest BCUT2D eigenvalue weighted by atomic mass is 19.2. The molecule has 1 N–H and O–H groups in total. The Labute approximate surface area is 157 Å². The van der Waals surface area contributed by atoms with Gasteiger partial charge in [-0.3, -0.25) is 4.90 Å². The first-order valence-corrected chi connectivity index (χ1v) is 9.41. The molecule has 1 fully saturated rings. The molecule has 2 heterocycles. The fraction of sp³-hybridized carbons (Fsp3) is 0.381. The van der Waals surface area contributed by atoms with Crippen LogP contribution in [0, 0.1) is 18.6 Å². The van der Waals surface area contributed by atoms with E-state index in [0.717, 1.165) is 61.6 Å². The number of hydrogen-bond acceptors (Lipinski definition) is 3. The number of benzene rings is 2. The van der Waals surface area contributed by atoms with Crippen LogP contribution < -0.4 is 0 Å². The van der Waals surface area contributed by atoms with Crippen molar-refractivity contribution in [2.75, 3.05) is 32.7 Å². The number of aryl methyl sites for hydroxylation is 1. The van der Waals surface area contributed by atoms with Crippen molar-refractivity contribution < 1.29 is 8.78 Å². The summed E-state index contributed by atoms with van der Waals surface area (Å²) in [5, 5.41) is 0. The van der Waals surface area contributed by atoms with Crippen LogP contribution in [-0.2, 0) is 13.0 Å². The molecule has 0 bridgehead atoms. The number of H-pyrrole nitrogens is 1. The van der Waals surface area contributed by atoms with Crippen LogP contribution in [0.3, 0.4) is 0 Å². The average molecular weight is 370 g/mol. The normalized spacial score (nSPS) is 16.3. The number of aromatic amines is 1. The van der Waals surface area contributed by atoms with Gasteiger partial charge in [0.1, 0.15) is 5.82 Å². The predicted molar refractivity (Wildman–Crippen MR) is 103 cm³/mol. The summed E-state index contributed by atoms with van der Waals surface area (Å²) in [6.07, 6.45) is 0.900. The van der Waals surface area contributed by atoms with Crippen molar-refractivity contribution in [2.24, 2.45) is 0 Å². The summed E-state index contributed by atoms with van der Waals surface area (Å²) in [6.45, 7) is 7.52. The summed E-state index contributed by atoms with van der Waals surface area (Å²) in [5.74, 6) is -0.531. The molecule has 4 nitrogen and oxygen atoms in total. The Bertz CT molecular complexity index is 929. The molecule has 0 amide bonds. The van der Waals surface area contributed by atoms with Crippen molar-refractivity contribution in [2.45, 2.75) is 19.9 Å². The van der Waals surface area contributed by atoms with Gasteiger partial charge in [0.05, 0.1) is 11.0 Å². The van der Waals surface area contributed by atoms with Crippen LogP contribution in [0.4, 0.5) is 8.78 Å². The van der Waals surface area contributed by atoms with Gasteiger partial charge in [0, 0.05) is 45.7 Å². The molecular weight excluding hydrogens is 346 g/mol. The monoisotopic (exact) mass is 370 g/mol. The lowest BCUT2D eigenvalue weighted by Gasteiger charge is -2.34. The molecule has 1 saturated heterocycles. The molecule has 142 valence electrons. The van der Waals surface area contributed by atoms with Gasteiger partial charge >= 0.3 is 0 Å². The van der Waals surface area contributed by atoms with E-state index in [-0.39, 0.29) is 0 Å². The van der Waals surface area contributed by atoms with Crippen LogP contribution in [0.25, 0.3) is 11.0 Å². The molecule has 27 heavy (non-hydrogen) atoms. The number of piperazine rings is 1. The first-order chi connectivity index (χ1) is 13.1. The Morgan fingerprint density at radius 3 is 2.52 bits per heavy atom. The molecule has 0 spiro atoms. The summed E-state index contributed by atoms with van der Waals surface area (Å²) in [6, 6.07) is 10.4. The summed E-state index contributed by atoms with van der Waals surface area (Å²) in [7, 11) is 0. The van der Waals surface area contributed by atoms with Crippen molar-refractivity contribution in [3.05, 3.63) is 65.0 Å². The molecule has 2 aromatic carbocycles. The third-order valence-corrected chi connectivity index (χ3v) is 5.21. The minimum absolute atomic E-state index is 0.661. The molecule has 3 aromatic rings. The van der Waals surface area contributed by atoms with Crippen LogP contribution in [0.1, 0.15) is 17.0 Å². The lowest BCUT2D eigenvalue weighted by Crippen LogP contribution is -2.46. The van der Waals surface area contributed by atoms with Gasteiger partial charge in [0.25, 0.3) is 0 Å². The van der Waals surface area contributed by atoms with E-state index in [1.54, 1.807) is 6.07 Å². The van der Waals surface area contributed by atoms with Gasteiger partial charge in [-0.1, -0.05) is 12.1 Å². The molecule has 6 heteroatoms. The quantitative estimate of drug-likeness (QED) is 0.747. The zero-order valence-electron chi connectivity index (χ0n) is 15.5. The van der Waals surface area contributed by atoms with Crippen molar-refractivity contribution in [3.8, 4) is 0 Å².